The number of aliphatic carboxylic acids is 1. The highest BCUT2D eigenvalue weighted by Crippen LogP contribution is 2.29. The van der Waals surface area contributed by atoms with Crippen LogP contribution in [-0.2, 0) is 16.0 Å². The van der Waals surface area contributed by atoms with Gasteiger partial charge < -0.3 is 23.5 Å². The summed E-state index contributed by atoms with van der Waals surface area (Å²) in [6.07, 6.45) is 1.88. The van der Waals surface area contributed by atoms with E-state index >= 15 is 0 Å². The maximum Gasteiger partial charge on any atom is 0.338 e. The first-order valence-corrected chi connectivity index (χ1v) is 9.62. The number of rotatable bonds is 8. The number of furan rings is 1. The van der Waals surface area contributed by atoms with E-state index in [0.29, 0.717) is 36.0 Å². The van der Waals surface area contributed by atoms with Crippen molar-refractivity contribution in [2.24, 2.45) is 0 Å². The maximum absolute atomic E-state index is 11.7. The summed E-state index contributed by atoms with van der Waals surface area (Å²) in [4.78, 5) is 23.0. The number of nitrogens with zero attached hydrogens (tertiary/aromatic N) is 2. The SMILES string of the molecule is CCOC(=O)c1ccc(-c2ccc(/C=C(/Sc3nnc(CC)o3)C(=O)[O-])o2)cc1. The van der Waals surface area contributed by atoms with Crippen molar-refractivity contribution in [3.8, 4) is 11.3 Å². The van der Waals surface area contributed by atoms with Crippen LogP contribution in [0.4, 0.5) is 0 Å². The molecule has 29 heavy (non-hydrogen) atoms. The number of hydrogen-bond donors (Lipinski definition) is 0. The highest BCUT2D eigenvalue weighted by molar-refractivity contribution is 8.03. The highest BCUT2D eigenvalue weighted by Gasteiger charge is 2.12. The summed E-state index contributed by atoms with van der Waals surface area (Å²) in [5.41, 5.74) is 1.16. The van der Waals surface area contributed by atoms with Crippen molar-refractivity contribution in [1.82, 2.24) is 10.2 Å². The number of esters is 1. The van der Waals surface area contributed by atoms with Crippen molar-refractivity contribution in [1.29, 1.82) is 0 Å². The highest BCUT2D eigenvalue weighted by atomic mass is 32.2. The monoisotopic (exact) mass is 413 g/mol. The third-order valence-corrected chi connectivity index (χ3v) is 4.57. The molecule has 0 N–H and O–H groups in total. The quantitative estimate of drug-likeness (QED) is 0.312. The topological polar surface area (TPSA) is 118 Å². The minimum Gasteiger partial charge on any atom is -0.544 e. The number of benzene rings is 1. The normalized spacial score (nSPS) is 11.4. The van der Waals surface area contributed by atoms with Gasteiger partial charge in [0.25, 0.3) is 5.22 Å². The number of ether oxygens (including phenoxy) is 1. The summed E-state index contributed by atoms with van der Waals surface area (Å²) in [5, 5.41) is 19.1. The molecule has 1 aromatic carbocycles. The number of carboxylic acid groups (broad SMARTS) is 1. The first kappa shape index (κ1) is 20.4. The summed E-state index contributed by atoms with van der Waals surface area (Å²) in [7, 11) is 0. The molecule has 0 unspecified atom stereocenters. The molecule has 0 aliphatic heterocycles. The second-order valence-electron chi connectivity index (χ2n) is 5.71. The first-order chi connectivity index (χ1) is 14.0. The van der Waals surface area contributed by atoms with Gasteiger partial charge >= 0.3 is 5.97 Å². The van der Waals surface area contributed by atoms with Crippen LogP contribution in [-0.4, -0.2) is 28.7 Å². The Morgan fingerprint density at radius 3 is 2.48 bits per heavy atom. The van der Waals surface area contributed by atoms with Gasteiger partial charge in [0, 0.05) is 16.9 Å². The van der Waals surface area contributed by atoms with Gasteiger partial charge in [0.1, 0.15) is 11.5 Å². The smallest absolute Gasteiger partial charge is 0.338 e. The second-order valence-corrected chi connectivity index (χ2v) is 6.71. The number of aryl methyl sites for hydroxylation is 1. The number of hydrogen-bond acceptors (Lipinski definition) is 9. The molecule has 150 valence electrons. The fraction of sp³-hybridized carbons (Fsp3) is 0.200. The molecule has 0 amide bonds. The lowest BCUT2D eigenvalue weighted by Gasteiger charge is -2.04. The van der Waals surface area contributed by atoms with E-state index in [1.54, 1.807) is 43.3 Å². The molecule has 0 saturated carbocycles. The van der Waals surface area contributed by atoms with E-state index < -0.39 is 11.9 Å². The second kappa shape index (κ2) is 9.24. The van der Waals surface area contributed by atoms with Gasteiger partial charge in [0.15, 0.2) is 0 Å². The third kappa shape index (κ3) is 5.14. The fourth-order valence-corrected chi connectivity index (χ4v) is 3.01. The Bertz CT molecular complexity index is 1040. The lowest BCUT2D eigenvalue weighted by molar-refractivity contribution is -0.298. The Labute approximate surface area is 170 Å². The zero-order valence-electron chi connectivity index (χ0n) is 15.7. The van der Waals surface area contributed by atoms with Crippen molar-refractivity contribution < 1.29 is 28.3 Å². The lowest BCUT2D eigenvalue weighted by atomic mass is 10.1. The standard InChI is InChI=1S/C20H18N2O6S/c1-3-17-21-22-20(28-17)29-16(18(23)24)11-14-9-10-15(27-14)12-5-7-13(8-6-12)19(25)26-4-2/h5-11H,3-4H2,1-2H3,(H,23,24)/p-1/b16-11+. The van der Waals surface area contributed by atoms with E-state index in [2.05, 4.69) is 10.2 Å². The van der Waals surface area contributed by atoms with Gasteiger partial charge in [-0.1, -0.05) is 19.1 Å². The van der Waals surface area contributed by atoms with E-state index in [-0.39, 0.29) is 10.1 Å². The Morgan fingerprint density at radius 2 is 1.86 bits per heavy atom. The van der Waals surface area contributed by atoms with Crippen LogP contribution in [0.15, 0.2) is 55.4 Å². The molecule has 0 aliphatic carbocycles. The molecule has 0 atom stereocenters. The van der Waals surface area contributed by atoms with Gasteiger partial charge in [-0.25, -0.2) is 4.79 Å². The van der Waals surface area contributed by atoms with Crippen molar-refractivity contribution in [3.63, 3.8) is 0 Å². The number of carboxylic acids is 1. The summed E-state index contributed by atoms with van der Waals surface area (Å²) in [5.74, 6) is -0.540. The summed E-state index contributed by atoms with van der Waals surface area (Å²) < 4.78 is 16.0. The van der Waals surface area contributed by atoms with Gasteiger partial charge in [-0.2, -0.15) is 0 Å². The van der Waals surface area contributed by atoms with E-state index in [0.717, 1.165) is 17.3 Å². The number of carbonyl (C=O) groups is 2. The average molecular weight is 413 g/mol. The molecule has 0 spiro atoms. The van der Waals surface area contributed by atoms with Gasteiger partial charge in [0.2, 0.25) is 5.89 Å². The minimum atomic E-state index is -1.39. The predicted molar refractivity (Wildman–Crippen MR) is 103 cm³/mol. The van der Waals surface area contributed by atoms with Crippen LogP contribution < -0.4 is 5.11 Å². The van der Waals surface area contributed by atoms with Gasteiger partial charge in [-0.15, -0.1) is 10.2 Å². The van der Waals surface area contributed by atoms with E-state index in [9.17, 15) is 14.7 Å². The summed E-state index contributed by atoms with van der Waals surface area (Å²) in [6, 6.07) is 10.0. The average Bonchev–Trinajstić information content (AvgIpc) is 3.37. The molecule has 8 nitrogen and oxygen atoms in total. The Morgan fingerprint density at radius 1 is 1.10 bits per heavy atom. The lowest BCUT2D eigenvalue weighted by Crippen LogP contribution is -2.22. The van der Waals surface area contributed by atoms with Crippen LogP contribution in [0.3, 0.4) is 0 Å². The molecule has 0 fully saturated rings. The summed E-state index contributed by atoms with van der Waals surface area (Å²) in [6.45, 7) is 3.89. The van der Waals surface area contributed by atoms with Crippen LogP contribution in [0.1, 0.15) is 35.9 Å². The Kier molecular flexibility index (Phi) is 6.50. The van der Waals surface area contributed by atoms with Gasteiger partial charge in [-0.05, 0) is 49.0 Å². The van der Waals surface area contributed by atoms with E-state index in [1.165, 1.54) is 6.08 Å². The molecule has 2 aromatic heterocycles. The van der Waals surface area contributed by atoms with Crippen LogP contribution in [0.2, 0.25) is 0 Å². The molecule has 3 aromatic rings. The molecular formula is C20H17N2O6S-. The molecule has 2 heterocycles. The predicted octanol–water partition coefficient (Wildman–Crippen LogP) is 2.95. The number of carbonyl (C=O) groups excluding carboxylic acids is 2. The first-order valence-electron chi connectivity index (χ1n) is 8.80. The van der Waals surface area contributed by atoms with Crippen molar-refractivity contribution >= 4 is 29.8 Å². The zero-order chi connectivity index (χ0) is 20.8. The van der Waals surface area contributed by atoms with Crippen LogP contribution in [0, 0.1) is 0 Å². The Hall–Kier alpha value is -3.33. The molecule has 0 radical (unpaired) electrons. The van der Waals surface area contributed by atoms with Crippen LogP contribution in [0.25, 0.3) is 17.4 Å². The van der Waals surface area contributed by atoms with Crippen molar-refractivity contribution in [2.75, 3.05) is 6.61 Å². The molecular weight excluding hydrogens is 396 g/mol. The van der Waals surface area contributed by atoms with Crippen LogP contribution >= 0.6 is 11.8 Å². The van der Waals surface area contributed by atoms with Crippen LogP contribution in [0.5, 0.6) is 0 Å². The van der Waals surface area contributed by atoms with E-state index in [1.807, 2.05) is 6.92 Å². The fourth-order valence-electron chi connectivity index (χ4n) is 2.35. The molecule has 0 bridgehead atoms. The molecule has 0 saturated heterocycles. The molecule has 0 aliphatic rings. The molecule has 9 heteroatoms. The van der Waals surface area contributed by atoms with E-state index in [4.69, 9.17) is 13.6 Å². The van der Waals surface area contributed by atoms with Crippen molar-refractivity contribution in [3.05, 3.63) is 58.5 Å². The van der Waals surface area contributed by atoms with Gasteiger partial charge in [0.05, 0.1) is 18.1 Å². The number of thioether (sulfide) groups is 1. The largest absolute Gasteiger partial charge is 0.544 e. The Balaban J connectivity index is 1.78. The number of aromatic nitrogens is 2. The van der Waals surface area contributed by atoms with Crippen molar-refractivity contribution in [2.45, 2.75) is 25.5 Å². The molecule has 3 rings (SSSR count). The van der Waals surface area contributed by atoms with Gasteiger partial charge in [-0.3, -0.25) is 0 Å². The zero-order valence-corrected chi connectivity index (χ0v) is 16.5. The third-order valence-electron chi connectivity index (χ3n) is 3.73. The summed E-state index contributed by atoms with van der Waals surface area (Å²) >= 11 is 0.790. The maximum atomic E-state index is 11.7. The minimum absolute atomic E-state index is 0.110.